The van der Waals surface area contributed by atoms with Gasteiger partial charge >= 0.3 is 5.97 Å². The average Bonchev–Trinajstić information content (AvgIpc) is 3.25. The molecule has 0 radical (unpaired) electrons. The molecular formula is C34H43NO8. The van der Waals surface area contributed by atoms with Gasteiger partial charge in [0.2, 0.25) is 11.7 Å². The number of aliphatic hydroxyl groups excluding tert-OH is 1. The number of carbonyl (C=O) groups is 4. The van der Waals surface area contributed by atoms with Crippen molar-refractivity contribution >= 4 is 23.4 Å². The maximum absolute atomic E-state index is 13.4. The van der Waals surface area contributed by atoms with Gasteiger partial charge in [0.15, 0.2) is 12.4 Å². The molecule has 0 bridgehead atoms. The molecule has 1 aromatic rings. The predicted molar refractivity (Wildman–Crippen MR) is 158 cm³/mol. The molecule has 0 heterocycles. The van der Waals surface area contributed by atoms with Crippen LogP contribution in [-0.2, 0) is 30.3 Å². The van der Waals surface area contributed by atoms with Crippen LogP contribution in [0.2, 0.25) is 0 Å². The Kier molecular flexibility index (Phi) is 8.69. The number of aliphatic hydroxyl groups is 2. The quantitative estimate of drug-likeness (QED) is 0.352. The maximum atomic E-state index is 13.4. The molecule has 1 aromatic carbocycles. The van der Waals surface area contributed by atoms with Crippen LogP contribution in [0.3, 0.4) is 0 Å². The largest absolute Gasteiger partial charge is 0.497 e. The highest BCUT2D eigenvalue weighted by Crippen LogP contribution is 2.67. The summed E-state index contributed by atoms with van der Waals surface area (Å²) in [7, 11) is 1.60. The maximum Gasteiger partial charge on any atom is 0.306 e. The molecule has 0 aromatic heterocycles. The first-order chi connectivity index (χ1) is 20.4. The molecule has 7 atom stereocenters. The van der Waals surface area contributed by atoms with E-state index in [9.17, 15) is 29.4 Å². The zero-order chi connectivity index (χ0) is 31.0. The summed E-state index contributed by atoms with van der Waals surface area (Å²) < 4.78 is 10.4. The average molecular weight is 594 g/mol. The summed E-state index contributed by atoms with van der Waals surface area (Å²) in [4.78, 5) is 50.1. The van der Waals surface area contributed by atoms with Crippen molar-refractivity contribution in [2.24, 2.45) is 28.6 Å². The number of esters is 1. The predicted octanol–water partition coefficient (Wildman–Crippen LogP) is 3.26. The lowest BCUT2D eigenvalue weighted by Gasteiger charge is -2.59. The third-order valence-electron chi connectivity index (χ3n) is 10.9. The number of carbonyl (C=O) groups excluding carboxylic acids is 4. The van der Waals surface area contributed by atoms with Gasteiger partial charge in [-0.2, -0.15) is 0 Å². The van der Waals surface area contributed by atoms with Gasteiger partial charge in [-0.25, -0.2) is 0 Å². The molecule has 4 aliphatic carbocycles. The van der Waals surface area contributed by atoms with E-state index >= 15 is 0 Å². The van der Waals surface area contributed by atoms with Crippen LogP contribution in [0.15, 0.2) is 48.1 Å². The normalized spacial score (nSPS) is 34.3. The number of hydrogen-bond acceptors (Lipinski definition) is 8. The van der Waals surface area contributed by atoms with E-state index in [0.717, 1.165) is 29.7 Å². The molecule has 3 N–H and O–H groups in total. The fourth-order valence-electron chi connectivity index (χ4n) is 8.57. The molecule has 1 amide bonds. The summed E-state index contributed by atoms with van der Waals surface area (Å²) in [5.41, 5.74) is -0.932. The molecule has 9 nitrogen and oxygen atoms in total. The Morgan fingerprint density at radius 2 is 1.84 bits per heavy atom. The third kappa shape index (κ3) is 5.69. The Balaban J connectivity index is 1.12. The first-order valence-electron chi connectivity index (χ1n) is 15.3. The first-order valence-corrected chi connectivity index (χ1v) is 15.3. The lowest BCUT2D eigenvalue weighted by molar-refractivity contribution is -0.181. The Labute approximate surface area is 252 Å². The van der Waals surface area contributed by atoms with Crippen molar-refractivity contribution in [2.75, 3.05) is 20.3 Å². The van der Waals surface area contributed by atoms with Gasteiger partial charge in [0.25, 0.3) is 0 Å². The number of ether oxygens (including phenoxy) is 2. The lowest BCUT2D eigenvalue weighted by atomic mass is 9.46. The van der Waals surface area contributed by atoms with Crippen molar-refractivity contribution in [3.05, 3.63) is 53.6 Å². The van der Waals surface area contributed by atoms with Crippen LogP contribution in [-0.4, -0.2) is 65.6 Å². The van der Waals surface area contributed by atoms with E-state index < -0.39 is 40.9 Å². The Hall–Kier alpha value is -3.30. The minimum Gasteiger partial charge on any atom is -0.497 e. The van der Waals surface area contributed by atoms with E-state index in [1.807, 2.05) is 37.3 Å². The van der Waals surface area contributed by atoms with Crippen LogP contribution in [0.4, 0.5) is 0 Å². The Morgan fingerprint density at radius 1 is 1.09 bits per heavy atom. The molecule has 9 heteroatoms. The molecule has 5 rings (SSSR count). The van der Waals surface area contributed by atoms with Crippen molar-refractivity contribution in [3.63, 3.8) is 0 Å². The summed E-state index contributed by atoms with van der Waals surface area (Å²) in [6.07, 6.45) is 7.50. The highest BCUT2D eigenvalue weighted by Gasteiger charge is 2.68. The van der Waals surface area contributed by atoms with Crippen molar-refractivity contribution < 1.29 is 38.9 Å². The van der Waals surface area contributed by atoms with Gasteiger partial charge in [-0.15, -0.1) is 0 Å². The van der Waals surface area contributed by atoms with E-state index in [2.05, 4.69) is 12.2 Å². The van der Waals surface area contributed by atoms with Gasteiger partial charge in [-0.3, -0.25) is 19.2 Å². The second-order valence-corrected chi connectivity index (χ2v) is 13.1. The number of hydrogen-bond donors (Lipinski definition) is 3. The molecule has 43 heavy (non-hydrogen) atoms. The number of fused-ring (bicyclic) bond motifs is 5. The van der Waals surface area contributed by atoms with Gasteiger partial charge in [-0.05, 0) is 80.2 Å². The summed E-state index contributed by atoms with van der Waals surface area (Å²) in [5, 5.41) is 26.1. The standard InChI is InChI=1S/C34H43NO8/c1-32-15-12-23(36)18-22(32)6-9-25-26-13-16-34(41,33(26,2)19-27(37)31(25)32)28(38)20-43-30(40)11-10-29(39)35-17-14-21-4-7-24(42-3)8-5-21/h4-5,7-8,12,15,18,25-27,31,37,41H,6,9-11,13-14,16-17,19-20H2,1-3H3,(H,35,39)/t25-,26+,27-,31-,32+,33+,34+/m1/s1. The van der Waals surface area contributed by atoms with Crippen LogP contribution in [0.25, 0.3) is 0 Å². The number of ketones is 2. The van der Waals surface area contributed by atoms with Crippen LogP contribution in [0.5, 0.6) is 5.75 Å². The van der Waals surface area contributed by atoms with Crippen molar-refractivity contribution in [1.29, 1.82) is 0 Å². The van der Waals surface area contributed by atoms with Crippen LogP contribution < -0.4 is 10.1 Å². The molecular weight excluding hydrogens is 550 g/mol. The van der Waals surface area contributed by atoms with E-state index in [0.29, 0.717) is 19.4 Å². The summed E-state index contributed by atoms with van der Waals surface area (Å²) in [6.45, 7) is 3.81. The first kappa shape index (κ1) is 31.1. The summed E-state index contributed by atoms with van der Waals surface area (Å²) >= 11 is 0. The number of nitrogens with one attached hydrogen (secondary N) is 1. The van der Waals surface area contributed by atoms with Gasteiger partial charge < -0.3 is 25.0 Å². The van der Waals surface area contributed by atoms with Gasteiger partial charge in [-0.1, -0.05) is 37.6 Å². The Bertz CT molecular complexity index is 1330. The van der Waals surface area contributed by atoms with E-state index in [4.69, 9.17) is 9.47 Å². The third-order valence-corrected chi connectivity index (χ3v) is 10.9. The molecule has 0 saturated heterocycles. The summed E-state index contributed by atoms with van der Waals surface area (Å²) in [5.74, 6) is -0.805. The number of Topliss-reactive ketones (excluding diaryl/α,β-unsaturated/α-hetero) is 1. The van der Waals surface area contributed by atoms with Crippen LogP contribution in [0.1, 0.15) is 64.4 Å². The summed E-state index contributed by atoms with van der Waals surface area (Å²) in [6, 6.07) is 7.55. The Morgan fingerprint density at radius 3 is 2.56 bits per heavy atom. The lowest BCUT2D eigenvalue weighted by Crippen LogP contribution is -2.61. The number of allylic oxidation sites excluding steroid dienone is 4. The van der Waals surface area contributed by atoms with Crippen LogP contribution >= 0.6 is 0 Å². The second kappa shape index (κ2) is 12.0. The van der Waals surface area contributed by atoms with Crippen LogP contribution in [0, 0.1) is 28.6 Å². The fourth-order valence-corrected chi connectivity index (χ4v) is 8.57. The van der Waals surface area contributed by atoms with Gasteiger partial charge in [0.1, 0.15) is 11.4 Å². The molecule has 232 valence electrons. The van der Waals surface area contributed by atoms with Gasteiger partial charge in [0, 0.05) is 29.7 Å². The van der Waals surface area contributed by atoms with Gasteiger partial charge in [0.05, 0.1) is 19.6 Å². The molecule has 3 saturated carbocycles. The van der Waals surface area contributed by atoms with Crippen molar-refractivity contribution in [2.45, 2.75) is 76.9 Å². The van der Waals surface area contributed by atoms with Crippen molar-refractivity contribution in [3.8, 4) is 5.75 Å². The second-order valence-electron chi connectivity index (χ2n) is 13.1. The number of methoxy groups -OCH3 is 1. The topological polar surface area (TPSA) is 139 Å². The molecule has 4 aliphatic rings. The SMILES string of the molecule is COc1ccc(CCNC(=O)CCC(=O)OCC(=O)[C@@]2(O)CC[C@H]3[C@H]4CCC5=CC(=O)C=C[C@]5(C)[C@H]4[C@H](O)C[C@@]32C)cc1. The fraction of sp³-hybridized carbons (Fsp3) is 0.588. The monoisotopic (exact) mass is 593 g/mol. The van der Waals surface area contributed by atoms with E-state index in [1.165, 1.54) is 0 Å². The highest BCUT2D eigenvalue weighted by molar-refractivity contribution is 6.01. The molecule has 0 spiro atoms. The highest BCUT2D eigenvalue weighted by atomic mass is 16.5. The van der Waals surface area contributed by atoms with E-state index in [1.54, 1.807) is 19.3 Å². The zero-order valence-corrected chi connectivity index (χ0v) is 25.3. The van der Waals surface area contributed by atoms with Crippen molar-refractivity contribution in [1.82, 2.24) is 5.32 Å². The minimum absolute atomic E-state index is 0.0107. The minimum atomic E-state index is -1.72. The number of rotatable bonds is 10. The number of amides is 1. The molecule has 3 fully saturated rings. The smallest absolute Gasteiger partial charge is 0.306 e. The number of benzene rings is 1. The zero-order valence-electron chi connectivity index (χ0n) is 25.3. The molecule has 0 aliphatic heterocycles. The molecule has 0 unspecified atom stereocenters. The van der Waals surface area contributed by atoms with E-state index in [-0.39, 0.29) is 55.1 Å².